The van der Waals surface area contributed by atoms with Gasteiger partial charge in [-0.15, -0.1) is 0 Å². The van der Waals surface area contributed by atoms with Crippen molar-refractivity contribution in [3.63, 3.8) is 0 Å². The van der Waals surface area contributed by atoms with Crippen molar-refractivity contribution in [1.29, 1.82) is 0 Å². The highest BCUT2D eigenvalue weighted by atomic mass is 16.5. The minimum absolute atomic E-state index is 0.0268. The molecule has 1 heterocycles. The van der Waals surface area contributed by atoms with Gasteiger partial charge >= 0.3 is 0 Å². The minimum Gasteiger partial charge on any atom is -0.497 e. The highest BCUT2D eigenvalue weighted by Crippen LogP contribution is 2.30. The van der Waals surface area contributed by atoms with Crippen molar-refractivity contribution in [3.8, 4) is 11.5 Å². The molecule has 0 radical (unpaired) electrons. The fraction of sp³-hybridized carbons (Fsp3) is 0.556. The van der Waals surface area contributed by atoms with E-state index in [2.05, 4.69) is 5.32 Å². The number of hydrogen-bond donors (Lipinski definition) is 1. The van der Waals surface area contributed by atoms with Gasteiger partial charge in [0.2, 0.25) is 11.8 Å². The molecule has 0 aromatic heterocycles. The summed E-state index contributed by atoms with van der Waals surface area (Å²) in [4.78, 5) is 26.3. The second-order valence-corrected chi connectivity index (χ2v) is 5.96. The first-order valence-corrected chi connectivity index (χ1v) is 8.39. The summed E-state index contributed by atoms with van der Waals surface area (Å²) in [5, 5.41) is 2.93. The van der Waals surface area contributed by atoms with Crippen LogP contribution in [0, 0.1) is 5.92 Å². The van der Waals surface area contributed by atoms with Crippen LogP contribution in [0.3, 0.4) is 0 Å². The highest BCUT2D eigenvalue weighted by molar-refractivity contribution is 5.94. The van der Waals surface area contributed by atoms with Gasteiger partial charge < -0.3 is 19.7 Å². The molecule has 2 rings (SSSR count). The summed E-state index contributed by atoms with van der Waals surface area (Å²) in [6, 6.07) is 5.29. The SMILES string of the molecule is CCCC(=O)N1CCC(C(=O)Nc2ccc(OC)cc2OC)CC1. The molecule has 1 aromatic rings. The molecule has 24 heavy (non-hydrogen) atoms. The molecule has 2 amide bonds. The van der Waals surface area contributed by atoms with Crippen molar-refractivity contribution in [1.82, 2.24) is 4.90 Å². The average Bonchev–Trinajstić information content (AvgIpc) is 2.62. The first-order chi connectivity index (χ1) is 11.6. The van der Waals surface area contributed by atoms with Crippen LogP contribution in [0.4, 0.5) is 5.69 Å². The van der Waals surface area contributed by atoms with Gasteiger partial charge in [-0.25, -0.2) is 0 Å². The molecular formula is C18H26N2O4. The molecule has 0 aliphatic carbocycles. The molecule has 0 bridgehead atoms. The van der Waals surface area contributed by atoms with E-state index in [0.29, 0.717) is 49.5 Å². The molecule has 1 saturated heterocycles. The standard InChI is InChI=1S/C18H26N2O4/c1-4-5-17(21)20-10-8-13(9-11-20)18(22)19-15-7-6-14(23-2)12-16(15)24-3/h6-7,12-13H,4-5,8-11H2,1-3H3,(H,19,22). The average molecular weight is 334 g/mol. The maximum Gasteiger partial charge on any atom is 0.227 e. The summed E-state index contributed by atoms with van der Waals surface area (Å²) in [7, 11) is 3.14. The van der Waals surface area contributed by atoms with E-state index in [1.54, 1.807) is 32.4 Å². The zero-order valence-electron chi connectivity index (χ0n) is 14.6. The number of amides is 2. The van der Waals surface area contributed by atoms with Gasteiger partial charge in [0.15, 0.2) is 0 Å². The number of piperidine rings is 1. The monoisotopic (exact) mass is 334 g/mol. The first kappa shape index (κ1) is 18.1. The van der Waals surface area contributed by atoms with Gasteiger partial charge in [-0.3, -0.25) is 9.59 Å². The van der Waals surface area contributed by atoms with E-state index in [-0.39, 0.29) is 17.7 Å². The van der Waals surface area contributed by atoms with Crippen LogP contribution < -0.4 is 14.8 Å². The van der Waals surface area contributed by atoms with Gasteiger partial charge in [0.05, 0.1) is 19.9 Å². The third-order valence-corrected chi connectivity index (χ3v) is 4.35. The second-order valence-electron chi connectivity index (χ2n) is 5.96. The van der Waals surface area contributed by atoms with Crippen LogP contribution in [0.15, 0.2) is 18.2 Å². The molecule has 132 valence electrons. The molecule has 0 saturated carbocycles. The first-order valence-electron chi connectivity index (χ1n) is 8.39. The van der Waals surface area contributed by atoms with E-state index >= 15 is 0 Å². The van der Waals surface area contributed by atoms with Gasteiger partial charge in [0.1, 0.15) is 11.5 Å². The maximum atomic E-state index is 12.5. The van der Waals surface area contributed by atoms with E-state index in [1.807, 2.05) is 11.8 Å². The zero-order chi connectivity index (χ0) is 17.5. The molecule has 1 aliphatic rings. The third kappa shape index (κ3) is 4.40. The van der Waals surface area contributed by atoms with Gasteiger partial charge in [-0.1, -0.05) is 6.92 Å². The number of methoxy groups -OCH3 is 2. The van der Waals surface area contributed by atoms with Crippen LogP contribution >= 0.6 is 0 Å². The fourth-order valence-corrected chi connectivity index (χ4v) is 2.90. The molecular weight excluding hydrogens is 308 g/mol. The summed E-state index contributed by atoms with van der Waals surface area (Å²) in [5.74, 6) is 1.32. The van der Waals surface area contributed by atoms with Crippen LogP contribution in [-0.4, -0.2) is 44.0 Å². The molecule has 1 fully saturated rings. The predicted octanol–water partition coefficient (Wildman–Crippen LogP) is 2.68. The lowest BCUT2D eigenvalue weighted by molar-refractivity contribution is -0.134. The lowest BCUT2D eigenvalue weighted by atomic mass is 9.95. The summed E-state index contributed by atoms with van der Waals surface area (Å²) >= 11 is 0. The Morgan fingerprint density at radius 1 is 1.21 bits per heavy atom. The van der Waals surface area contributed by atoms with E-state index < -0.39 is 0 Å². The zero-order valence-corrected chi connectivity index (χ0v) is 14.6. The smallest absolute Gasteiger partial charge is 0.227 e. The van der Waals surface area contributed by atoms with Crippen molar-refractivity contribution < 1.29 is 19.1 Å². The van der Waals surface area contributed by atoms with Crippen LogP contribution in [0.5, 0.6) is 11.5 Å². The van der Waals surface area contributed by atoms with Gasteiger partial charge in [-0.05, 0) is 31.4 Å². The van der Waals surface area contributed by atoms with Gasteiger partial charge in [-0.2, -0.15) is 0 Å². The Hall–Kier alpha value is -2.24. The number of carbonyl (C=O) groups excluding carboxylic acids is 2. The number of ether oxygens (including phenoxy) is 2. The number of likely N-dealkylation sites (tertiary alicyclic amines) is 1. The summed E-state index contributed by atoms with van der Waals surface area (Å²) in [6.45, 7) is 3.30. The molecule has 0 spiro atoms. The Bertz CT molecular complexity index is 580. The summed E-state index contributed by atoms with van der Waals surface area (Å²) in [5.41, 5.74) is 0.632. The van der Waals surface area contributed by atoms with Crippen LogP contribution in [0.25, 0.3) is 0 Å². The number of rotatable bonds is 6. The Kier molecular flexibility index (Phi) is 6.46. The summed E-state index contributed by atoms with van der Waals surface area (Å²) in [6.07, 6.45) is 2.83. The number of hydrogen-bond acceptors (Lipinski definition) is 4. The van der Waals surface area contributed by atoms with E-state index in [4.69, 9.17) is 9.47 Å². The minimum atomic E-state index is -0.0810. The van der Waals surface area contributed by atoms with Crippen molar-refractivity contribution in [2.24, 2.45) is 5.92 Å². The normalized spacial score (nSPS) is 15.0. The second kappa shape index (κ2) is 8.57. The van der Waals surface area contributed by atoms with E-state index in [1.165, 1.54) is 0 Å². The number of anilines is 1. The van der Waals surface area contributed by atoms with Crippen molar-refractivity contribution in [2.75, 3.05) is 32.6 Å². The van der Waals surface area contributed by atoms with Crippen LogP contribution in [-0.2, 0) is 9.59 Å². The molecule has 6 nitrogen and oxygen atoms in total. The molecule has 1 N–H and O–H groups in total. The molecule has 6 heteroatoms. The molecule has 0 unspecified atom stereocenters. The number of nitrogens with one attached hydrogen (secondary N) is 1. The van der Waals surface area contributed by atoms with Gasteiger partial charge in [0, 0.05) is 31.5 Å². The molecule has 1 aromatic carbocycles. The highest BCUT2D eigenvalue weighted by Gasteiger charge is 2.27. The third-order valence-electron chi connectivity index (χ3n) is 4.35. The fourth-order valence-electron chi connectivity index (χ4n) is 2.90. The lowest BCUT2D eigenvalue weighted by Crippen LogP contribution is -2.41. The Morgan fingerprint density at radius 3 is 2.50 bits per heavy atom. The van der Waals surface area contributed by atoms with Crippen LogP contribution in [0.1, 0.15) is 32.6 Å². The largest absolute Gasteiger partial charge is 0.497 e. The van der Waals surface area contributed by atoms with Gasteiger partial charge in [0.25, 0.3) is 0 Å². The van der Waals surface area contributed by atoms with E-state index in [0.717, 1.165) is 6.42 Å². The number of nitrogens with zero attached hydrogens (tertiary/aromatic N) is 1. The lowest BCUT2D eigenvalue weighted by Gasteiger charge is -2.31. The Morgan fingerprint density at radius 2 is 1.92 bits per heavy atom. The maximum absolute atomic E-state index is 12.5. The quantitative estimate of drug-likeness (QED) is 0.868. The Labute approximate surface area is 143 Å². The van der Waals surface area contributed by atoms with Crippen molar-refractivity contribution in [3.05, 3.63) is 18.2 Å². The molecule has 0 atom stereocenters. The molecule has 1 aliphatic heterocycles. The van der Waals surface area contributed by atoms with Crippen molar-refractivity contribution >= 4 is 17.5 Å². The predicted molar refractivity (Wildman–Crippen MR) is 92.4 cm³/mol. The number of benzene rings is 1. The van der Waals surface area contributed by atoms with Crippen LogP contribution in [0.2, 0.25) is 0 Å². The topological polar surface area (TPSA) is 67.9 Å². The number of carbonyl (C=O) groups is 2. The Balaban J connectivity index is 1.93. The van der Waals surface area contributed by atoms with E-state index in [9.17, 15) is 9.59 Å². The van der Waals surface area contributed by atoms with Crippen molar-refractivity contribution in [2.45, 2.75) is 32.6 Å². The summed E-state index contributed by atoms with van der Waals surface area (Å²) < 4.78 is 10.5.